The molecule has 1 rings (SSSR count). The number of hydrogen-bond donors (Lipinski definition) is 3. The third kappa shape index (κ3) is 3.43. The van der Waals surface area contributed by atoms with Crippen LogP contribution in [-0.4, -0.2) is 11.5 Å². The summed E-state index contributed by atoms with van der Waals surface area (Å²) in [5.74, 6) is -0.399. The van der Waals surface area contributed by atoms with Crippen LogP contribution in [0.25, 0.3) is 0 Å². The minimum absolute atomic E-state index is 0.190. The summed E-state index contributed by atoms with van der Waals surface area (Å²) in [6.45, 7) is 0. The summed E-state index contributed by atoms with van der Waals surface area (Å²) in [6, 6.07) is 8.68. The van der Waals surface area contributed by atoms with Crippen LogP contribution >= 0.6 is 22.6 Å². The van der Waals surface area contributed by atoms with E-state index in [0.717, 1.165) is 3.57 Å². The Bertz CT molecular complexity index is 563. The highest BCUT2D eigenvalue weighted by atomic mass is 127. The maximum Gasteiger partial charge on any atom is 0.201 e. The van der Waals surface area contributed by atoms with Gasteiger partial charge in [0.1, 0.15) is 6.07 Å². The molecule has 0 aliphatic carbocycles. The molecule has 0 aliphatic rings. The molecule has 0 spiro atoms. The Morgan fingerprint density at radius 2 is 2.18 bits per heavy atom. The minimum Gasteiger partial charge on any atom is -0.382 e. The molecule has 0 fully saturated rings. The van der Waals surface area contributed by atoms with E-state index in [9.17, 15) is 0 Å². The fourth-order valence-electron chi connectivity index (χ4n) is 0.937. The third-order valence-electron chi connectivity index (χ3n) is 1.75. The number of nitrogens with two attached hydrogens (primary N) is 1. The van der Waals surface area contributed by atoms with Crippen molar-refractivity contribution in [1.29, 1.82) is 15.9 Å². The Kier molecular flexibility index (Phi) is 4.43. The molecule has 0 saturated carbocycles. The first kappa shape index (κ1) is 12.9. The number of anilines is 1. The van der Waals surface area contributed by atoms with Gasteiger partial charge < -0.3 is 5.73 Å². The molecule has 0 heterocycles. The lowest BCUT2D eigenvalue weighted by Gasteiger charge is -2.04. The zero-order valence-electron chi connectivity index (χ0n) is 8.53. The summed E-state index contributed by atoms with van der Waals surface area (Å²) in [6.07, 6.45) is 0. The molecular weight excluding hydrogens is 331 g/mol. The average molecular weight is 338 g/mol. The topological polar surface area (TPSA) is 122 Å². The number of hydrazone groups is 1. The van der Waals surface area contributed by atoms with E-state index >= 15 is 0 Å². The maximum absolute atomic E-state index is 8.69. The summed E-state index contributed by atoms with van der Waals surface area (Å²) < 4.78 is 0.784. The van der Waals surface area contributed by atoms with Crippen molar-refractivity contribution in [3.63, 3.8) is 0 Å². The molecule has 0 radical (unpaired) electrons. The Morgan fingerprint density at radius 1 is 1.47 bits per heavy atom. The van der Waals surface area contributed by atoms with Crippen molar-refractivity contribution in [2.45, 2.75) is 0 Å². The quantitative estimate of drug-likeness (QED) is 0.334. The van der Waals surface area contributed by atoms with Gasteiger partial charge in [-0.1, -0.05) is 0 Å². The molecule has 1 aromatic carbocycles. The van der Waals surface area contributed by atoms with Gasteiger partial charge >= 0.3 is 0 Å². The lowest BCUT2D eigenvalue weighted by Crippen LogP contribution is -2.21. The van der Waals surface area contributed by atoms with Crippen LogP contribution in [0.1, 0.15) is 5.56 Å². The lowest BCUT2D eigenvalue weighted by molar-refractivity contribution is 1.32. The van der Waals surface area contributed by atoms with E-state index in [1.807, 2.05) is 28.7 Å². The maximum atomic E-state index is 8.69. The van der Waals surface area contributed by atoms with Gasteiger partial charge in [0.05, 0.1) is 17.3 Å². The molecule has 0 bridgehead atoms. The number of nitrogens with zero attached hydrogens (tertiary/aromatic N) is 3. The van der Waals surface area contributed by atoms with Crippen LogP contribution in [0, 0.1) is 31.6 Å². The summed E-state index contributed by atoms with van der Waals surface area (Å²) in [4.78, 5) is 0. The van der Waals surface area contributed by atoms with Crippen LogP contribution < -0.4 is 11.2 Å². The van der Waals surface area contributed by atoms with Crippen molar-refractivity contribution in [2.75, 3.05) is 5.43 Å². The average Bonchev–Trinajstić information content (AvgIpc) is 2.31. The number of nitriles is 2. The molecule has 4 N–H and O–H groups in total. The fourth-order valence-corrected chi connectivity index (χ4v) is 1.57. The molecule has 0 aromatic heterocycles. The summed E-state index contributed by atoms with van der Waals surface area (Å²) in [7, 11) is 0. The van der Waals surface area contributed by atoms with Gasteiger partial charge in [-0.05, 0) is 40.8 Å². The zero-order valence-corrected chi connectivity index (χ0v) is 10.7. The molecular formula is C10H7IN6. The first-order valence-electron chi connectivity index (χ1n) is 4.36. The molecule has 84 valence electrons. The molecule has 7 heteroatoms. The van der Waals surface area contributed by atoms with Gasteiger partial charge in [0.2, 0.25) is 5.71 Å². The van der Waals surface area contributed by atoms with E-state index in [4.69, 9.17) is 21.7 Å². The molecule has 0 atom stereocenters. The first-order valence-corrected chi connectivity index (χ1v) is 5.44. The Morgan fingerprint density at radius 3 is 2.65 bits per heavy atom. The summed E-state index contributed by atoms with van der Waals surface area (Å²) in [5, 5.41) is 28.1. The second-order valence-corrected chi connectivity index (χ2v) is 4.07. The highest BCUT2D eigenvalue weighted by molar-refractivity contribution is 14.1. The number of benzene rings is 1. The summed E-state index contributed by atoms with van der Waals surface area (Å²) >= 11 is 2.03. The highest BCUT2D eigenvalue weighted by Gasteiger charge is 2.03. The van der Waals surface area contributed by atoms with E-state index in [1.54, 1.807) is 24.3 Å². The Hall–Kier alpha value is -2.13. The molecule has 0 amide bonds. The largest absolute Gasteiger partial charge is 0.382 e. The fraction of sp³-hybridized carbons (Fsp3) is 0. The van der Waals surface area contributed by atoms with E-state index in [0.29, 0.717) is 11.3 Å². The van der Waals surface area contributed by atoms with Gasteiger partial charge in [0.25, 0.3) is 0 Å². The van der Waals surface area contributed by atoms with E-state index in [1.165, 1.54) is 0 Å². The van der Waals surface area contributed by atoms with Gasteiger partial charge in [-0.25, -0.2) is 0 Å². The molecule has 17 heavy (non-hydrogen) atoms. The number of nitrogens with one attached hydrogen (secondary N) is 2. The first-order chi connectivity index (χ1) is 8.08. The van der Waals surface area contributed by atoms with Crippen LogP contribution in [0.2, 0.25) is 0 Å². The van der Waals surface area contributed by atoms with Crippen LogP contribution in [0.15, 0.2) is 23.3 Å². The van der Waals surface area contributed by atoms with Gasteiger partial charge in [-0.15, -0.1) is 0 Å². The van der Waals surface area contributed by atoms with Gasteiger partial charge in [0.15, 0.2) is 5.84 Å². The van der Waals surface area contributed by atoms with Crippen molar-refractivity contribution < 1.29 is 0 Å². The van der Waals surface area contributed by atoms with Crippen LogP contribution in [0.3, 0.4) is 0 Å². The minimum atomic E-state index is -0.399. The standard InChI is InChI=1S/C10H7IN6/c11-7-3-6(4-12)1-2-8(7)16-17-9(5-13)10(14)15/h1-3,16H,(H3,14,15)/b17-9+. The van der Waals surface area contributed by atoms with Gasteiger partial charge in [-0.2, -0.15) is 15.6 Å². The van der Waals surface area contributed by atoms with Crippen molar-refractivity contribution in [2.24, 2.45) is 10.8 Å². The molecule has 6 nitrogen and oxygen atoms in total. The smallest absolute Gasteiger partial charge is 0.201 e. The molecule has 0 aliphatic heterocycles. The van der Waals surface area contributed by atoms with Crippen LogP contribution in [0.4, 0.5) is 5.69 Å². The monoisotopic (exact) mass is 338 g/mol. The molecule has 0 unspecified atom stereocenters. The number of amidine groups is 1. The predicted octanol–water partition coefficient (Wildman–Crippen LogP) is 1.39. The van der Waals surface area contributed by atoms with Crippen molar-refractivity contribution >= 4 is 39.8 Å². The number of rotatable bonds is 3. The van der Waals surface area contributed by atoms with E-state index < -0.39 is 5.84 Å². The Labute approximate surface area is 111 Å². The van der Waals surface area contributed by atoms with Crippen molar-refractivity contribution in [3.8, 4) is 12.1 Å². The molecule has 0 saturated heterocycles. The second kappa shape index (κ2) is 5.82. The van der Waals surface area contributed by atoms with Crippen molar-refractivity contribution in [3.05, 3.63) is 27.3 Å². The van der Waals surface area contributed by atoms with Crippen LogP contribution in [0.5, 0.6) is 0 Å². The molecule has 1 aromatic rings. The van der Waals surface area contributed by atoms with Gasteiger partial charge in [-0.3, -0.25) is 10.8 Å². The van der Waals surface area contributed by atoms with Crippen LogP contribution in [-0.2, 0) is 0 Å². The number of hydrogen-bond acceptors (Lipinski definition) is 5. The summed E-state index contributed by atoms with van der Waals surface area (Å²) in [5.41, 5.74) is 8.75. The Balaban J connectivity index is 2.95. The normalized spacial score (nSPS) is 10.2. The van der Waals surface area contributed by atoms with Gasteiger partial charge in [0, 0.05) is 3.57 Å². The predicted molar refractivity (Wildman–Crippen MR) is 72.5 cm³/mol. The SMILES string of the molecule is N#C/C(=N\Nc1ccc(C#N)cc1I)C(=N)N. The van der Waals surface area contributed by atoms with E-state index in [-0.39, 0.29) is 5.71 Å². The zero-order chi connectivity index (χ0) is 12.8. The van der Waals surface area contributed by atoms with Crippen molar-refractivity contribution in [1.82, 2.24) is 0 Å². The highest BCUT2D eigenvalue weighted by Crippen LogP contribution is 2.19. The third-order valence-corrected chi connectivity index (χ3v) is 2.64. The second-order valence-electron chi connectivity index (χ2n) is 2.90. The lowest BCUT2D eigenvalue weighted by atomic mass is 10.2. The van der Waals surface area contributed by atoms with E-state index in [2.05, 4.69) is 10.5 Å². The number of halogens is 1.